The standard InChI is InChI=1S/C15H22N6/c1-10-4-5-13(11(2)17-10)14-18-15(20-19-14)21-8-6-12(16-3)7-9-21/h4-5,12,16H,6-9H2,1-3H3,(H,18,19,20). The van der Waals surface area contributed by atoms with E-state index in [-0.39, 0.29) is 0 Å². The van der Waals surface area contributed by atoms with E-state index < -0.39 is 0 Å². The Morgan fingerprint density at radius 3 is 2.62 bits per heavy atom. The second-order valence-corrected chi connectivity index (χ2v) is 5.62. The Kier molecular flexibility index (Phi) is 3.88. The van der Waals surface area contributed by atoms with Crippen molar-refractivity contribution in [3.63, 3.8) is 0 Å². The van der Waals surface area contributed by atoms with Crippen LogP contribution in [-0.4, -0.2) is 46.3 Å². The Balaban J connectivity index is 1.77. The number of hydrogen-bond acceptors (Lipinski definition) is 5. The second kappa shape index (κ2) is 5.81. The zero-order valence-corrected chi connectivity index (χ0v) is 12.8. The minimum Gasteiger partial charge on any atom is -0.339 e. The number of piperidine rings is 1. The van der Waals surface area contributed by atoms with Crippen molar-refractivity contribution in [2.24, 2.45) is 0 Å². The van der Waals surface area contributed by atoms with Gasteiger partial charge in [-0.3, -0.25) is 10.1 Å². The maximum atomic E-state index is 4.64. The van der Waals surface area contributed by atoms with E-state index in [0.717, 1.165) is 54.7 Å². The summed E-state index contributed by atoms with van der Waals surface area (Å²) in [6, 6.07) is 4.67. The highest BCUT2D eigenvalue weighted by Crippen LogP contribution is 2.22. The van der Waals surface area contributed by atoms with Crippen LogP contribution in [0.25, 0.3) is 11.4 Å². The van der Waals surface area contributed by atoms with Crippen LogP contribution in [-0.2, 0) is 0 Å². The highest BCUT2D eigenvalue weighted by molar-refractivity contribution is 5.59. The largest absolute Gasteiger partial charge is 0.339 e. The van der Waals surface area contributed by atoms with Crippen LogP contribution < -0.4 is 10.2 Å². The topological polar surface area (TPSA) is 69.7 Å². The molecule has 0 spiro atoms. The van der Waals surface area contributed by atoms with E-state index in [9.17, 15) is 0 Å². The molecule has 2 aromatic rings. The third kappa shape index (κ3) is 2.90. The third-order valence-corrected chi connectivity index (χ3v) is 4.14. The maximum Gasteiger partial charge on any atom is 0.245 e. The van der Waals surface area contributed by atoms with Gasteiger partial charge in [-0.05, 0) is 45.9 Å². The molecule has 0 radical (unpaired) electrons. The quantitative estimate of drug-likeness (QED) is 0.898. The maximum absolute atomic E-state index is 4.64. The first kappa shape index (κ1) is 14.0. The highest BCUT2D eigenvalue weighted by atomic mass is 15.4. The van der Waals surface area contributed by atoms with Gasteiger partial charge in [0.15, 0.2) is 5.82 Å². The SMILES string of the molecule is CNC1CCN(c2n[nH]c(-c3ccc(C)nc3C)n2)CC1. The van der Waals surface area contributed by atoms with Gasteiger partial charge in [0.2, 0.25) is 5.95 Å². The summed E-state index contributed by atoms with van der Waals surface area (Å²) in [6.45, 7) is 5.99. The number of aryl methyl sites for hydroxylation is 2. The van der Waals surface area contributed by atoms with Gasteiger partial charge in [0.1, 0.15) is 0 Å². The van der Waals surface area contributed by atoms with Crippen molar-refractivity contribution < 1.29 is 0 Å². The summed E-state index contributed by atoms with van der Waals surface area (Å²) in [5, 5.41) is 10.8. The molecule has 0 aromatic carbocycles. The Hall–Kier alpha value is -1.95. The van der Waals surface area contributed by atoms with Crippen molar-refractivity contribution in [3.05, 3.63) is 23.5 Å². The lowest BCUT2D eigenvalue weighted by Crippen LogP contribution is -2.41. The second-order valence-electron chi connectivity index (χ2n) is 5.62. The Morgan fingerprint density at radius 1 is 1.19 bits per heavy atom. The summed E-state index contributed by atoms with van der Waals surface area (Å²) in [7, 11) is 2.03. The van der Waals surface area contributed by atoms with Crippen LogP contribution in [0.3, 0.4) is 0 Å². The zero-order valence-electron chi connectivity index (χ0n) is 12.8. The van der Waals surface area contributed by atoms with Crippen LogP contribution in [0, 0.1) is 13.8 Å². The van der Waals surface area contributed by atoms with Gasteiger partial charge in [0, 0.05) is 36.1 Å². The summed E-state index contributed by atoms with van der Waals surface area (Å²) < 4.78 is 0. The predicted octanol–water partition coefficient (Wildman–Crippen LogP) is 1.67. The van der Waals surface area contributed by atoms with Gasteiger partial charge in [-0.1, -0.05) is 0 Å². The van der Waals surface area contributed by atoms with Gasteiger partial charge in [0.05, 0.1) is 0 Å². The summed E-state index contributed by atoms with van der Waals surface area (Å²) in [5.74, 6) is 1.59. The van der Waals surface area contributed by atoms with Crippen molar-refractivity contribution >= 4 is 5.95 Å². The molecule has 2 N–H and O–H groups in total. The van der Waals surface area contributed by atoms with Crippen LogP contribution in [0.2, 0.25) is 0 Å². The number of hydrogen-bond donors (Lipinski definition) is 2. The molecule has 0 aliphatic carbocycles. The molecule has 6 heteroatoms. The molecular weight excluding hydrogens is 264 g/mol. The van der Waals surface area contributed by atoms with Gasteiger partial charge in [0.25, 0.3) is 0 Å². The molecule has 1 fully saturated rings. The monoisotopic (exact) mass is 286 g/mol. The van der Waals surface area contributed by atoms with Crippen LogP contribution >= 0.6 is 0 Å². The van der Waals surface area contributed by atoms with Crippen molar-refractivity contribution in [3.8, 4) is 11.4 Å². The number of pyridine rings is 1. The first-order valence-corrected chi connectivity index (χ1v) is 7.46. The lowest BCUT2D eigenvalue weighted by Gasteiger charge is -2.30. The first-order valence-electron chi connectivity index (χ1n) is 7.46. The Morgan fingerprint density at radius 2 is 1.95 bits per heavy atom. The molecule has 3 heterocycles. The average molecular weight is 286 g/mol. The van der Waals surface area contributed by atoms with E-state index in [0.29, 0.717) is 6.04 Å². The molecule has 2 aromatic heterocycles. The smallest absolute Gasteiger partial charge is 0.245 e. The average Bonchev–Trinajstić information content (AvgIpc) is 2.97. The Bertz CT molecular complexity index is 612. The molecule has 0 unspecified atom stereocenters. The van der Waals surface area contributed by atoms with E-state index in [1.807, 2.05) is 27.0 Å². The molecule has 3 rings (SSSR count). The summed E-state index contributed by atoms with van der Waals surface area (Å²) in [5.41, 5.74) is 3.01. The molecule has 0 bridgehead atoms. The molecule has 0 saturated carbocycles. The van der Waals surface area contributed by atoms with E-state index in [1.165, 1.54) is 0 Å². The number of rotatable bonds is 3. The van der Waals surface area contributed by atoms with Gasteiger partial charge in [-0.2, -0.15) is 4.98 Å². The fraction of sp³-hybridized carbons (Fsp3) is 0.533. The van der Waals surface area contributed by atoms with Gasteiger partial charge >= 0.3 is 0 Å². The minimum absolute atomic E-state index is 0.614. The van der Waals surface area contributed by atoms with E-state index in [4.69, 9.17) is 0 Å². The Labute approximate surface area is 125 Å². The fourth-order valence-electron chi connectivity index (χ4n) is 2.82. The minimum atomic E-state index is 0.614. The van der Waals surface area contributed by atoms with Crippen LogP contribution in [0.15, 0.2) is 12.1 Å². The summed E-state index contributed by atoms with van der Waals surface area (Å²) in [4.78, 5) is 11.4. The number of anilines is 1. The lowest BCUT2D eigenvalue weighted by atomic mass is 10.1. The van der Waals surface area contributed by atoms with Crippen LogP contribution in [0.5, 0.6) is 0 Å². The van der Waals surface area contributed by atoms with E-state index >= 15 is 0 Å². The molecule has 1 saturated heterocycles. The molecule has 0 amide bonds. The van der Waals surface area contributed by atoms with Crippen LogP contribution in [0.1, 0.15) is 24.2 Å². The number of aromatic nitrogens is 4. The van der Waals surface area contributed by atoms with Crippen molar-refractivity contribution in [1.29, 1.82) is 0 Å². The molecule has 21 heavy (non-hydrogen) atoms. The molecular formula is C15H22N6. The molecule has 1 aliphatic heterocycles. The van der Waals surface area contributed by atoms with Crippen molar-refractivity contribution in [1.82, 2.24) is 25.5 Å². The number of nitrogens with zero attached hydrogens (tertiary/aromatic N) is 4. The zero-order chi connectivity index (χ0) is 14.8. The van der Waals surface area contributed by atoms with E-state index in [1.54, 1.807) is 0 Å². The molecule has 0 atom stereocenters. The van der Waals surface area contributed by atoms with Crippen LogP contribution in [0.4, 0.5) is 5.95 Å². The van der Waals surface area contributed by atoms with Gasteiger partial charge in [-0.15, -0.1) is 5.10 Å². The summed E-state index contributed by atoms with van der Waals surface area (Å²) >= 11 is 0. The van der Waals surface area contributed by atoms with Crippen molar-refractivity contribution in [2.45, 2.75) is 32.7 Å². The van der Waals surface area contributed by atoms with Gasteiger partial charge < -0.3 is 10.2 Å². The lowest BCUT2D eigenvalue weighted by molar-refractivity contribution is 0.439. The number of nitrogens with one attached hydrogen (secondary N) is 2. The third-order valence-electron chi connectivity index (χ3n) is 4.14. The van der Waals surface area contributed by atoms with E-state index in [2.05, 4.69) is 36.4 Å². The predicted molar refractivity (Wildman–Crippen MR) is 83.4 cm³/mol. The highest BCUT2D eigenvalue weighted by Gasteiger charge is 2.21. The fourth-order valence-corrected chi connectivity index (χ4v) is 2.82. The number of aromatic amines is 1. The normalized spacial score (nSPS) is 16.4. The molecule has 112 valence electrons. The number of H-pyrrole nitrogens is 1. The first-order chi connectivity index (χ1) is 10.2. The van der Waals surface area contributed by atoms with Crippen molar-refractivity contribution in [2.75, 3.05) is 25.0 Å². The molecule has 1 aliphatic rings. The molecule has 6 nitrogen and oxygen atoms in total. The summed E-state index contributed by atoms with van der Waals surface area (Å²) in [6.07, 6.45) is 2.26. The van der Waals surface area contributed by atoms with Gasteiger partial charge in [-0.25, -0.2) is 0 Å².